The Morgan fingerprint density at radius 2 is 1.88 bits per heavy atom. The first-order chi connectivity index (χ1) is 8.24. The molecule has 4 nitrogen and oxygen atoms in total. The van der Waals surface area contributed by atoms with Gasteiger partial charge in [-0.15, -0.1) is 0 Å². The van der Waals surface area contributed by atoms with E-state index in [4.69, 9.17) is 0 Å². The lowest BCUT2D eigenvalue weighted by atomic mass is 9.96. The summed E-state index contributed by atoms with van der Waals surface area (Å²) in [5.74, 6) is 0. The molecule has 2 aliphatic carbocycles. The molecule has 2 saturated carbocycles. The molecule has 0 radical (unpaired) electrons. The summed E-state index contributed by atoms with van der Waals surface area (Å²) in [5.41, 5.74) is 0.346. The van der Waals surface area contributed by atoms with Gasteiger partial charge in [0.25, 0.3) is 0 Å². The molecule has 0 atom stereocenters. The van der Waals surface area contributed by atoms with E-state index >= 15 is 0 Å². The average Bonchev–Trinajstić information content (AvgIpc) is 3.09. The van der Waals surface area contributed by atoms with Crippen molar-refractivity contribution in [3.8, 4) is 0 Å². The van der Waals surface area contributed by atoms with Crippen molar-refractivity contribution < 1.29 is 4.79 Å². The van der Waals surface area contributed by atoms with E-state index in [0.29, 0.717) is 11.5 Å². The zero-order valence-corrected chi connectivity index (χ0v) is 10.8. The summed E-state index contributed by atoms with van der Waals surface area (Å²) in [4.78, 5) is 11.7. The largest absolute Gasteiger partial charge is 0.338 e. The Hall–Kier alpha value is -0.770. The number of carbonyl (C=O) groups excluding carboxylic acids is 1. The molecule has 2 amide bonds. The molecule has 4 heteroatoms. The highest BCUT2D eigenvalue weighted by molar-refractivity contribution is 5.74. The molecule has 0 aromatic heterocycles. The number of carbonyl (C=O) groups is 1. The third-order valence-electron chi connectivity index (χ3n) is 4.07. The summed E-state index contributed by atoms with van der Waals surface area (Å²) in [6, 6.07) is 0.433. The topological polar surface area (TPSA) is 53.2 Å². The molecule has 2 rings (SSSR count). The molecule has 0 aromatic carbocycles. The molecule has 3 N–H and O–H groups in total. The summed E-state index contributed by atoms with van der Waals surface area (Å²) in [5, 5.41) is 9.32. The number of nitrogens with one attached hydrogen (secondary N) is 3. The van der Waals surface area contributed by atoms with Gasteiger partial charge in [-0.05, 0) is 32.7 Å². The minimum absolute atomic E-state index is 0.0271. The van der Waals surface area contributed by atoms with Gasteiger partial charge < -0.3 is 16.0 Å². The maximum absolute atomic E-state index is 11.7. The zero-order valence-electron chi connectivity index (χ0n) is 10.8. The van der Waals surface area contributed by atoms with Gasteiger partial charge in [0.05, 0.1) is 0 Å². The van der Waals surface area contributed by atoms with E-state index in [1.54, 1.807) is 0 Å². The molecule has 0 aromatic rings. The van der Waals surface area contributed by atoms with Crippen LogP contribution in [0.25, 0.3) is 0 Å². The first kappa shape index (κ1) is 12.7. The Labute approximate surface area is 104 Å². The lowest BCUT2D eigenvalue weighted by molar-refractivity contribution is 0.230. The van der Waals surface area contributed by atoms with Crippen LogP contribution in [0.1, 0.15) is 44.9 Å². The van der Waals surface area contributed by atoms with E-state index in [2.05, 4.69) is 16.0 Å². The normalized spacial score (nSPS) is 23.1. The highest BCUT2D eigenvalue weighted by atomic mass is 16.2. The SMILES string of the molecule is CNCC1(CNC(=O)NC2CCCCC2)CC1. The Morgan fingerprint density at radius 1 is 1.18 bits per heavy atom. The van der Waals surface area contributed by atoms with Gasteiger partial charge in [0.1, 0.15) is 0 Å². The van der Waals surface area contributed by atoms with E-state index in [0.717, 1.165) is 25.9 Å². The third kappa shape index (κ3) is 3.87. The molecular weight excluding hydrogens is 214 g/mol. The maximum Gasteiger partial charge on any atom is 0.315 e. The van der Waals surface area contributed by atoms with Gasteiger partial charge in [-0.2, -0.15) is 0 Å². The van der Waals surface area contributed by atoms with Crippen molar-refractivity contribution in [2.45, 2.75) is 51.0 Å². The Balaban J connectivity index is 1.63. The molecule has 2 aliphatic rings. The first-order valence-corrected chi connectivity index (χ1v) is 6.93. The first-order valence-electron chi connectivity index (χ1n) is 6.93. The summed E-state index contributed by atoms with van der Waals surface area (Å²) < 4.78 is 0. The molecule has 0 bridgehead atoms. The van der Waals surface area contributed by atoms with Crippen molar-refractivity contribution in [2.24, 2.45) is 5.41 Å². The Morgan fingerprint density at radius 3 is 2.47 bits per heavy atom. The summed E-state index contributed by atoms with van der Waals surface area (Å²) in [7, 11) is 1.97. The molecular formula is C13H25N3O. The summed E-state index contributed by atoms with van der Waals surface area (Å²) in [6.45, 7) is 1.82. The molecule has 17 heavy (non-hydrogen) atoms. The fourth-order valence-electron chi connectivity index (χ4n) is 2.72. The van der Waals surface area contributed by atoms with E-state index in [9.17, 15) is 4.79 Å². The van der Waals surface area contributed by atoms with Crippen LogP contribution < -0.4 is 16.0 Å². The third-order valence-corrected chi connectivity index (χ3v) is 4.07. The zero-order chi connectivity index (χ0) is 12.1. The number of hydrogen-bond acceptors (Lipinski definition) is 2. The fraction of sp³-hybridized carbons (Fsp3) is 0.923. The predicted molar refractivity (Wildman–Crippen MR) is 69.0 cm³/mol. The standard InChI is InChI=1S/C13H25N3O/c1-14-9-13(7-8-13)10-15-12(17)16-11-5-3-2-4-6-11/h11,14H,2-10H2,1H3,(H2,15,16,17). The van der Waals surface area contributed by atoms with Gasteiger partial charge >= 0.3 is 6.03 Å². The van der Waals surface area contributed by atoms with Crippen molar-refractivity contribution >= 4 is 6.03 Å². The smallest absolute Gasteiger partial charge is 0.315 e. The van der Waals surface area contributed by atoms with Gasteiger partial charge in [0.15, 0.2) is 0 Å². The highest BCUT2D eigenvalue weighted by Crippen LogP contribution is 2.44. The molecule has 0 aliphatic heterocycles. The summed E-state index contributed by atoms with van der Waals surface area (Å²) >= 11 is 0. The van der Waals surface area contributed by atoms with Crippen molar-refractivity contribution in [2.75, 3.05) is 20.1 Å². The Kier molecular flexibility index (Phi) is 4.26. The molecule has 0 heterocycles. The van der Waals surface area contributed by atoms with Crippen LogP contribution in [0, 0.1) is 5.41 Å². The maximum atomic E-state index is 11.7. The van der Waals surface area contributed by atoms with Gasteiger partial charge in [0.2, 0.25) is 0 Å². The van der Waals surface area contributed by atoms with Gasteiger partial charge in [-0.3, -0.25) is 0 Å². The quantitative estimate of drug-likeness (QED) is 0.683. The van der Waals surface area contributed by atoms with Crippen molar-refractivity contribution in [1.29, 1.82) is 0 Å². The second-order valence-corrected chi connectivity index (χ2v) is 5.69. The highest BCUT2D eigenvalue weighted by Gasteiger charge is 2.41. The van der Waals surface area contributed by atoms with Crippen LogP contribution in [0.2, 0.25) is 0 Å². The fourth-order valence-corrected chi connectivity index (χ4v) is 2.72. The predicted octanol–water partition coefficient (Wildman–Crippen LogP) is 1.62. The van der Waals surface area contributed by atoms with Crippen LogP contribution in [0.5, 0.6) is 0 Å². The average molecular weight is 239 g/mol. The molecule has 0 saturated heterocycles. The van der Waals surface area contributed by atoms with Crippen LogP contribution >= 0.6 is 0 Å². The second-order valence-electron chi connectivity index (χ2n) is 5.69. The molecule has 0 spiro atoms. The van der Waals surface area contributed by atoms with Gasteiger partial charge in [-0.1, -0.05) is 19.3 Å². The monoisotopic (exact) mass is 239 g/mol. The van der Waals surface area contributed by atoms with E-state index in [1.807, 2.05) is 7.05 Å². The summed E-state index contributed by atoms with van der Waals surface area (Å²) in [6.07, 6.45) is 8.60. The number of rotatable bonds is 5. The van der Waals surface area contributed by atoms with Gasteiger partial charge in [0, 0.05) is 24.5 Å². The van der Waals surface area contributed by atoms with E-state index in [-0.39, 0.29) is 6.03 Å². The van der Waals surface area contributed by atoms with Crippen molar-refractivity contribution in [3.05, 3.63) is 0 Å². The second kappa shape index (κ2) is 5.71. The van der Waals surface area contributed by atoms with E-state index < -0.39 is 0 Å². The minimum Gasteiger partial charge on any atom is -0.338 e. The van der Waals surface area contributed by atoms with Crippen LogP contribution in [0.3, 0.4) is 0 Å². The molecule has 98 valence electrons. The number of urea groups is 1. The number of hydrogen-bond donors (Lipinski definition) is 3. The van der Waals surface area contributed by atoms with Crippen molar-refractivity contribution in [3.63, 3.8) is 0 Å². The lowest BCUT2D eigenvalue weighted by Gasteiger charge is -2.23. The van der Waals surface area contributed by atoms with Crippen LogP contribution in [-0.2, 0) is 0 Å². The van der Waals surface area contributed by atoms with Crippen molar-refractivity contribution in [1.82, 2.24) is 16.0 Å². The molecule has 2 fully saturated rings. The van der Waals surface area contributed by atoms with Crippen LogP contribution in [0.4, 0.5) is 4.79 Å². The van der Waals surface area contributed by atoms with E-state index in [1.165, 1.54) is 32.1 Å². The minimum atomic E-state index is 0.0271. The van der Waals surface area contributed by atoms with Gasteiger partial charge in [-0.25, -0.2) is 4.79 Å². The van der Waals surface area contributed by atoms with Crippen LogP contribution in [0.15, 0.2) is 0 Å². The van der Waals surface area contributed by atoms with Crippen LogP contribution in [-0.4, -0.2) is 32.2 Å². The number of amides is 2. The molecule has 0 unspecified atom stereocenters. The lowest BCUT2D eigenvalue weighted by Crippen LogP contribution is -2.45. The Bertz CT molecular complexity index is 257.